The molecule has 51 valence electrons. The largest absolute Gasteiger partial charge is 1.00 e. The molecule has 0 N–H and O–H groups in total. The van der Waals surface area contributed by atoms with Crippen LogP contribution >= 0.6 is 0 Å². The fraction of sp³-hybridized carbons (Fsp3) is 0.200. The van der Waals surface area contributed by atoms with Crippen LogP contribution in [0.25, 0.3) is 0 Å². The van der Waals surface area contributed by atoms with E-state index in [1.54, 1.807) is 0 Å². The second kappa shape index (κ2) is 7.05. The van der Waals surface area contributed by atoms with E-state index in [0.717, 1.165) is 13.2 Å². The topological polar surface area (TPSA) is 66.4 Å². The zero-order chi connectivity index (χ0) is 7.28. The molecule has 0 heterocycles. The van der Waals surface area contributed by atoms with Gasteiger partial charge in [0, 0.05) is 6.08 Å². The van der Waals surface area contributed by atoms with E-state index in [2.05, 4.69) is 4.74 Å². The molecule has 0 aliphatic rings. The predicted octanol–water partition coefficient (Wildman–Crippen LogP) is -1.92. The van der Waals surface area contributed by atoms with Gasteiger partial charge in [0.25, 0.3) is 0 Å². The standard InChI is InChI=1S/C5H6O4.Ca/c1-9-5(8)3-2-4(6)7;/h2-3H,1H3,(H,6,7);/q;+1/p-1. The summed E-state index contributed by atoms with van der Waals surface area (Å²) in [5, 5.41) is 9.61. The van der Waals surface area contributed by atoms with Gasteiger partial charge in [-0.3, -0.25) is 0 Å². The van der Waals surface area contributed by atoms with Gasteiger partial charge in [-0.15, -0.1) is 0 Å². The molecule has 0 aliphatic carbocycles. The van der Waals surface area contributed by atoms with Crippen LogP contribution in [0.4, 0.5) is 0 Å². The summed E-state index contributed by atoms with van der Waals surface area (Å²) in [5.41, 5.74) is 0. The molecule has 0 spiro atoms. The second-order valence-electron chi connectivity index (χ2n) is 1.18. The molecule has 0 bridgehead atoms. The van der Waals surface area contributed by atoms with Gasteiger partial charge in [0.15, 0.2) is 0 Å². The van der Waals surface area contributed by atoms with Crippen LogP contribution in [0, 0.1) is 0 Å². The van der Waals surface area contributed by atoms with E-state index >= 15 is 0 Å². The van der Waals surface area contributed by atoms with Crippen molar-refractivity contribution in [3.05, 3.63) is 12.2 Å². The van der Waals surface area contributed by atoms with E-state index in [-0.39, 0.29) is 37.7 Å². The Labute approximate surface area is 87.9 Å². The van der Waals surface area contributed by atoms with Gasteiger partial charge >= 0.3 is 43.7 Å². The second-order valence-corrected chi connectivity index (χ2v) is 1.18. The van der Waals surface area contributed by atoms with Gasteiger partial charge in [-0.25, -0.2) is 4.79 Å². The molecule has 0 aromatic carbocycles. The molecule has 0 aromatic heterocycles. The minimum absolute atomic E-state index is 0. The summed E-state index contributed by atoms with van der Waals surface area (Å²) in [5.74, 6) is -2.13. The number of methoxy groups -OCH3 is 1. The fourth-order valence-corrected chi connectivity index (χ4v) is 0.204. The van der Waals surface area contributed by atoms with Crippen molar-refractivity contribution in [1.29, 1.82) is 0 Å². The van der Waals surface area contributed by atoms with E-state index in [1.165, 1.54) is 0 Å². The quantitative estimate of drug-likeness (QED) is 0.275. The Kier molecular flexibility index (Phi) is 8.89. The molecule has 0 rings (SSSR count). The van der Waals surface area contributed by atoms with Crippen LogP contribution in [0.3, 0.4) is 0 Å². The average Bonchev–Trinajstić information content (AvgIpc) is 1.83. The van der Waals surface area contributed by atoms with Crippen molar-refractivity contribution in [2.45, 2.75) is 0 Å². The Morgan fingerprint density at radius 3 is 2.20 bits per heavy atom. The number of carbonyl (C=O) groups excluding carboxylic acids is 2. The summed E-state index contributed by atoms with van der Waals surface area (Å²) < 4.78 is 4.08. The summed E-state index contributed by atoms with van der Waals surface area (Å²) >= 11 is 0. The molecule has 0 amide bonds. The molecule has 0 saturated carbocycles. The number of aliphatic carboxylic acids is 1. The van der Waals surface area contributed by atoms with Crippen molar-refractivity contribution in [2.75, 3.05) is 7.11 Å². The van der Waals surface area contributed by atoms with Crippen LogP contribution in [0.1, 0.15) is 0 Å². The molecule has 0 saturated heterocycles. The van der Waals surface area contributed by atoms with E-state index in [0.29, 0.717) is 6.08 Å². The number of esters is 1. The van der Waals surface area contributed by atoms with Crippen LogP contribution < -0.4 is 5.11 Å². The van der Waals surface area contributed by atoms with Gasteiger partial charge in [-0.2, -0.15) is 0 Å². The number of hydrogen-bond acceptors (Lipinski definition) is 4. The molecule has 0 unspecified atom stereocenters. The van der Waals surface area contributed by atoms with Crippen molar-refractivity contribution in [3.63, 3.8) is 0 Å². The van der Waals surface area contributed by atoms with Crippen molar-refractivity contribution in [2.24, 2.45) is 0 Å². The first-order valence-electron chi connectivity index (χ1n) is 2.14. The Hall–Kier alpha value is -0.0603. The molecule has 1 radical (unpaired) electrons. The third-order valence-electron chi connectivity index (χ3n) is 0.557. The van der Waals surface area contributed by atoms with E-state index in [4.69, 9.17) is 0 Å². The normalized spacial score (nSPS) is 8.50. The molecular formula is C5H5CaO4. The first-order valence-corrected chi connectivity index (χ1v) is 2.14. The maximum Gasteiger partial charge on any atom is 1.00 e. The fourth-order valence-electron chi connectivity index (χ4n) is 0.204. The number of ether oxygens (including phenoxy) is 1. The summed E-state index contributed by atoms with van der Waals surface area (Å²) in [6.45, 7) is 0. The minimum Gasteiger partial charge on any atom is -0.545 e. The van der Waals surface area contributed by atoms with Gasteiger partial charge in [-0.05, 0) is 6.08 Å². The molecule has 0 fully saturated rings. The van der Waals surface area contributed by atoms with E-state index in [1.807, 2.05) is 0 Å². The molecule has 0 aromatic rings. The zero-order valence-electron chi connectivity index (χ0n) is 5.49. The molecule has 10 heavy (non-hydrogen) atoms. The summed E-state index contributed by atoms with van der Waals surface area (Å²) in [6, 6.07) is 0. The molecular weight excluding hydrogens is 164 g/mol. The summed E-state index contributed by atoms with van der Waals surface area (Å²) in [7, 11) is 1.15. The monoisotopic (exact) mass is 169 g/mol. The minimum atomic E-state index is -1.42. The van der Waals surface area contributed by atoms with Gasteiger partial charge in [0.2, 0.25) is 0 Å². The van der Waals surface area contributed by atoms with E-state index < -0.39 is 11.9 Å². The Balaban J connectivity index is 0. The number of carboxylic acid groups (broad SMARTS) is 1. The van der Waals surface area contributed by atoms with Crippen LogP contribution in [0.5, 0.6) is 0 Å². The third-order valence-corrected chi connectivity index (χ3v) is 0.557. The molecule has 4 nitrogen and oxygen atoms in total. The van der Waals surface area contributed by atoms with Gasteiger partial charge < -0.3 is 14.6 Å². The smallest absolute Gasteiger partial charge is 0.545 e. The summed E-state index contributed by atoms with van der Waals surface area (Å²) in [4.78, 5) is 19.7. The van der Waals surface area contributed by atoms with Crippen molar-refractivity contribution >= 4 is 49.7 Å². The maximum atomic E-state index is 10.1. The average molecular weight is 169 g/mol. The van der Waals surface area contributed by atoms with Crippen LogP contribution in [-0.4, -0.2) is 56.8 Å². The number of carbonyl (C=O) groups is 2. The molecule has 0 aliphatic heterocycles. The third kappa shape index (κ3) is 7.94. The van der Waals surface area contributed by atoms with Gasteiger partial charge in [0.05, 0.1) is 13.1 Å². The van der Waals surface area contributed by atoms with Crippen molar-refractivity contribution < 1.29 is 19.4 Å². The van der Waals surface area contributed by atoms with Gasteiger partial charge in [0.1, 0.15) is 0 Å². The van der Waals surface area contributed by atoms with Crippen LogP contribution in [0.15, 0.2) is 12.2 Å². The number of carboxylic acids is 1. The zero-order valence-corrected chi connectivity index (χ0v) is 7.70. The van der Waals surface area contributed by atoms with Crippen LogP contribution in [-0.2, 0) is 14.3 Å². The Morgan fingerprint density at radius 1 is 1.40 bits per heavy atom. The van der Waals surface area contributed by atoms with Crippen molar-refractivity contribution in [1.82, 2.24) is 0 Å². The predicted molar refractivity (Wildman–Crippen MR) is 31.9 cm³/mol. The van der Waals surface area contributed by atoms with E-state index in [9.17, 15) is 14.7 Å². The number of hydrogen-bond donors (Lipinski definition) is 0. The first-order chi connectivity index (χ1) is 4.16. The number of rotatable bonds is 2. The first kappa shape index (κ1) is 12.6. The SMILES string of the molecule is COC(=O)C=CC(=O)[O-].[Ca+]. The molecule has 0 atom stereocenters. The van der Waals surface area contributed by atoms with Crippen LogP contribution in [0.2, 0.25) is 0 Å². The van der Waals surface area contributed by atoms with Crippen molar-refractivity contribution in [3.8, 4) is 0 Å². The Bertz CT molecular complexity index is 152. The Morgan fingerprint density at radius 2 is 1.90 bits per heavy atom. The molecule has 5 heteroatoms. The maximum absolute atomic E-state index is 10.1. The summed E-state index contributed by atoms with van der Waals surface area (Å²) in [6.07, 6.45) is 1.38. The van der Waals surface area contributed by atoms with Gasteiger partial charge in [-0.1, -0.05) is 0 Å².